The monoisotopic (exact) mass is 397 g/mol. The zero-order valence-electron chi connectivity index (χ0n) is 12.6. The van der Waals surface area contributed by atoms with Gasteiger partial charge >= 0.3 is 0 Å². The van der Waals surface area contributed by atoms with Gasteiger partial charge in [0, 0.05) is 33.4 Å². The Balaban J connectivity index is 0.00000200. The van der Waals surface area contributed by atoms with Gasteiger partial charge in [0.2, 0.25) is 0 Å². The lowest BCUT2D eigenvalue weighted by Crippen LogP contribution is -2.46. The van der Waals surface area contributed by atoms with E-state index < -0.39 is 0 Å². The van der Waals surface area contributed by atoms with Crippen LogP contribution in [-0.4, -0.2) is 51.5 Å². The maximum Gasteiger partial charge on any atom is 0.191 e. The van der Waals surface area contributed by atoms with E-state index in [4.69, 9.17) is 9.47 Å². The van der Waals surface area contributed by atoms with E-state index in [9.17, 15) is 0 Å². The standard InChI is InChI=1S/C14H27N3O2.HI/c1-14(6-3-8-19-14)11-17-13(15-2)16-7-9-18-10-12-4-5-12;/h12H,3-11H2,1-2H3,(H2,15,16,17);1H. The number of rotatable bonds is 7. The minimum absolute atomic E-state index is 0. The van der Waals surface area contributed by atoms with Gasteiger partial charge in [0.25, 0.3) is 0 Å². The number of hydrogen-bond acceptors (Lipinski definition) is 3. The molecule has 2 rings (SSSR count). The van der Waals surface area contributed by atoms with Crippen LogP contribution < -0.4 is 10.6 Å². The third-order valence-corrected chi connectivity index (χ3v) is 3.74. The van der Waals surface area contributed by atoms with Gasteiger partial charge in [-0.05, 0) is 38.5 Å². The summed E-state index contributed by atoms with van der Waals surface area (Å²) in [4.78, 5) is 4.21. The lowest BCUT2D eigenvalue weighted by Gasteiger charge is -2.24. The Morgan fingerprint density at radius 3 is 2.80 bits per heavy atom. The van der Waals surface area contributed by atoms with Crippen LogP contribution in [0.15, 0.2) is 4.99 Å². The Kier molecular flexibility index (Phi) is 8.13. The summed E-state index contributed by atoms with van der Waals surface area (Å²) in [5, 5.41) is 6.59. The molecule has 0 radical (unpaired) electrons. The maximum atomic E-state index is 5.74. The summed E-state index contributed by atoms with van der Waals surface area (Å²) in [6, 6.07) is 0. The summed E-state index contributed by atoms with van der Waals surface area (Å²) >= 11 is 0. The molecule has 1 aliphatic heterocycles. The molecule has 0 bridgehead atoms. The van der Waals surface area contributed by atoms with E-state index in [0.717, 1.165) is 57.6 Å². The number of ether oxygens (including phenoxy) is 2. The molecule has 0 amide bonds. The molecular formula is C14H28IN3O2. The first-order valence-electron chi connectivity index (χ1n) is 7.38. The van der Waals surface area contributed by atoms with Gasteiger partial charge in [0.05, 0.1) is 12.2 Å². The van der Waals surface area contributed by atoms with E-state index >= 15 is 0 Å². The van der Waals surface area contributed by atoms with Crippen LogP contribution in [0, 0.1) is 5.92 Å². The largest absolute Gasteiger partial charge is 0.379 e. The molecule has 118 valence electrons. The van der Waals surface area contributed by atoms with Crippen molar-refractivity contribution in [1.82, 2.24) is 10.6 Å². The molecule has 0 aromatic heterocycles. The molecule has 20 heavy (non-hydrogen) atoms. The highest BCUT2D eigenvalue weighted by Gasteiger charge is 2.29. The molecule has 1 heterocycles. The van der Waals surface area contributed by atoms with Crippen molar-refractivity contribution in [1.29, 1.82) is 0 Å². The molecule has 1 saturated heterocycles. The highest BCUT2D eigenvalue weighted by atomic mass is 127. The minimum atomic E-state index is -0.0416. The van der Waals surface area contributed by atoms with Crippen molar-refractivity contribution in [2.75, 3.05) is 40.0 Å². The zero-order valence-corrected chi connectivity index (χ0v) is 14.9. The van der Waals surface area contributed by atoms with Crippen LogP contribution in [0.4, 0.5) is 0 Å². The van der Waals surface area contributed by atoms with Crippen LogP contribution in [0.2, 0.25) is 0 Å². The predicted octanol–water partition coefficient (Wildman–Crippen LogP) is 1.77. The number of hydrogen-bond donors (Lipinski definition) is 2. The molecule has 0 aromatic carbocycles. The number of nitrogens with one attached hydrogen (secondary N) is 2. The number of guanidine groups is 1. The predicted molar refractivity (Wildman–Crippen MR) is 91.9 cm³/mol. The van der Waals surface area contributed by atoms with Gasteiger partial charge in [-0.15, -0.1) is 24.0 Å². The van der Waals surface area contributed by atoms with Gasteiger partial charge in [0.15, 0.2) is 5.96 Å². The van der Waals surface area contributed by atoms with Crippen molar-refractivity contribution in [2.24, 2.45) is 10.9 Å². The van der Waals surface area contributed by atoms with Crippen LogP contribution in [0.25, 0.3) is 0 Å². The lowest BCUT2D eigenvalue weighted by atomic mass is 10.0. The maximum absolute atomic E-state index is 5.74. The first kappa shape index (κ1) is 18.0. The fourth-order valence-corrected chi connectivity index (χ4v) is 2.24. The Morgan fingerprint density at radius 2 is 2.20 bits per heavy atom. The quantitative estimate of drug-likeness (QED) is 0.298. The second-order valence-electron chi connectivity index (χ2n) is 5.77. The van der Waals surface area contributed by atoms with Crippen LogP contribution in [0.5, 0.6) is 0 Å². The van der Waals surface area contributed by atoms with E-state index in [0.29, 0.717) is 0 Å². The molecule has 2 aliphatic rings. The van der Waals surface area contributed by atoms with Crippen LogP contribution in [0.3, 0.4) is 0 Å². The molecule has 1 saturated carbocycles. The average Bonchev–Trinajstić information content (AvgIpc) is 3.14. The average molecular weight is 397 g/mol. The van der Waals surface area contributed by atoms with E-state index in [2.05, 4.69) is 22.5 Å². The lowest BCUT2D eigenvalue weighted by molar-refractivity contribution is 0.0242. The molecule has 6 heteroatoms. The first-order valence-corrected chi connectivity index (χ1v) is 7.38. The van der Waals surface area contributed by atoms with Crippen molar-refractivity contribution in [3.63, 3.8) is 0 Å². The van der Waals surface area contributed by atoms with Gasteiger partial charge in [-0.1, -0.05) is 0 Å². The molecule has 0 aromatic rings. The highest BCUT2D eigenvalue weighted by Crippen LogP contribution is 2.28. The van der Waals surface area contributed by atoms with Crippen molar-refractivity contribution in [2.45, 2.75) is 38.2 Å². The Bertz CT molecular complexity index is 303. The second-order valence-corrected chi connectivity index (χ2v) is 5.77. The molecule has 2 N–H and O–H groups in total. The van der Waals surface area contributed by atoms with Crippen molar-refractivity contribution in [3.05, 3.63) is 0 Å². The molecule has 1 aliphatic carbocycles. The molecule has 0 spiro atoms. The summed E-state index contributed by atoms with van der Waals surface area (Å²) < 4.78 is 11.3. The summed E-state index contributed by atoms with van der Waals surface area (Å²) in [7, 11) is 1.79. The summed E-state index contributed by atoms with van der Waals surface area (Å²) in [6.07, 6.45) is 4.95. The molecular weight excluding hydrogens is 369 g/mol. The molecule has 5 nitrogen and oxygen atoms in total. The van der Waals surface area contributed by atoms with Gasteiger partial charge < -0.3 is 20.1 Å². The van der Waals surface area contributed by atoms with Gasteiger partial charge in [-0.2, -0.15) is 0 Å². The van der Waals surface area contributed by atoms with Gasteiger partial charge in [-0.3, -0.25) is 4.99 Å². The summed E-state index contributed by atoms with van der Waals surface area (Å²) in [6.45, 7) is 6.28. The Hall–Kier alpha value is -0.0800. The molecule has 2 fully saturated rings. The van der Waals surface area contributed by atoms with Gasteiger partial charge in [-0.25, -0.2) is 0 Å². The van der Waals surface area contributed by atoms with Crippen molar-refractivity contribution < 1.29 is 9.47 Å². The van der Waals surface area contributed by atoms with E-state index in [1.165, 1.54) is 12.8 Å². The number of halogens is 1. The highest BCUT2D eigenvalue weighted by molar-refractivity contribution is 14.0. The first-order chi connectivity index (χ1) is 9.22. The third-order valence-electron chi connectivity index (χ3n) is 3.74. The van der Waals surface area contributed by atoms with E-state index in [-0.39, 0.29) is 29.6 Å². The topological polar surface area (TPSA) is 54.9 Å². The van der Waals surface area contributed by atoms with Crippen LogP contribution in [0.1, 0.15) is 32.6 Å². The smallest absolute Gasteiger partial charge is 0.191 e. The SMILES string of the molecule is CN=C(NCCOCC1CC1)NCC1(C)CCCO1.I. The zero-order chi connectivity index (χ0) is 13.6. The fourth-order valence-electron chi connectivity index (χ4n) is 2.24. The summed E-state index contributed by atoms with van der Waals surface area (Å²) in [5.41, 5.74) is -0.0416. The number of nitrogens with zero attached hydrogens (tertiary/aromatic N) is 1. The Morgan fingerprint density at radius 1 is 1.40 bits per heavy atom. The Labute approximate surface area is 139 Å². The van der Waals surface area contributed by atoms with Crippen LogP contribution >= 0.6 is 24.0 Å². The van der Waals surface area contributed by atoms with E-state index in [1.807, 2.05) is 0 Å². The molecule has 1 unspecified atom stereocenters. The molecule has 1 atom stereocenters. The second kappa shape index (κ2) is 9.04. The summed E-state index contributed by atoms with van der Waals surface area (Å²) in [5.74, 6) is 1.66. The van der Waals surface area contributed by atoms with Crippen molar-refractivity contribution in [3.8, 4) is 0 Å². The van der Waals surface area contributed by atoms with Crippen LogP contribution in [-0.2, 0) is 9.47 Å². The van der Waals surface area contributed by atoms with E-state index in [1.54, 1.807) is 7.05 Å². The third kappa shape index (κ3) is 6.58. The minimum Gasteiger partial charge on any atom is -0.379 e. The van der Waals surface area contributed by atoms with Gasteiger partial charge in [0.1, 0.15) is 0 Å². The fraction of sp³-hybridized carbons (Fsp3) is 0.929. The normalized spacial score (nSPS) is 26.2. The number of aliphatic imine (C=N–C) groups is 1. The van der Waals surface area contributed by atoms with Crippen molar-refractivity contribution >= 4 is 29.9 Å².